The minimum absolute atomic E-state index is 0.0839. The molecule has 0 aliphatic carbocycles. The Kier molecular flexibility index (Phi) is 3.60. The minimum Gasteiger partial charge on any atom is -0.506 e. The second-order valence-corrected chi connectivity index (χ2v) is 4.14. The lowest BCUT2D eigenvalue weighted by molar-refractivity contribution is 0.101. The van der Waals surface area contributed by atoms with Gasteiger partial charge in [-0.3, -0.25) is 4.79 Å². The van der Waals surface area contributed by atoms with Crippen molar-refractivity contribution in [2.45, 2.75) is 6.92 Å². The van der Waals surface area contributed by atoms with Crippen molar-refractivity contribution in [3.8, 4) is 11.5 Å². The van der Waals surface area contributed by atoms with Gasteiger partial charge in [-0.2, -0.15) is 0 Å². The highest BCUT2D eigenvalue weighted by atomic mass is 127. The molecule has 0 unspecified atom stereocenters. The van der Waals surface area contributed by atoms with Crippen molar-refractivity contribution >= 4 is 40.0 Å². The zero-order chi connectivity index (χ0) is 10.9. The summed E-state index contributed by atoms with van der Waals surface area (Å²) in [7, 11) is 1.45. The van der Waals surface area contributed by atoms with Crippen LogP contribution in [0.1, 0.15) is 17.3 Å². The molecule has 76 valence electrons. The molecule has 0 saturated carbocycles. The Labute approximate surface area is 100 Å². The largest absolute Gasteiger partial charge is 0.506 e. The van der Waals surface area contributed by atoms with Gasteiger partial charge in [0, 0.05) is 0 Å². The van der Waals surface area contributed by atoms with E-state index < -0.39 is 0 Å². The number of benzene rings is 1. The van der Waals surface area contributed by atoms with Gasteiger partial charge in [0.2, 0.25) is 0 Å². The molecule has 1 aromatic rings. The molecule has 1 N–H and O–H groups in total. The topological polar surface area (TPSA) is 46.5 Å². The molecular formula is C9H8ClIO3. The third kappa shape index (κ3) is 1.95. The Morgan fingerprint density at radius 2 is 2.21 bits per heavy atom. The summed E-state index contributed by atoms with van der Waals surface area (Å²) in [4.78, 5) is 11.1. The molecule has 3 nitrogen and oxygen atoms in total. The van der Waals surface area contributed by atoms with Crippen molar-refractivity contribution < 1.29 is 14.6 Å². The summed E-state index contributed by atoms with van der Waals surface area (Å²) >= 11 is 7.74. The number of phenols is 1. The highest BCUT2D eigenvalue weighted by Crippen LogP contribution is 2.38. The van der Waals surface area contributed by atoms with Crippen molar-refractivity contribution in [2.24, 2.45) is 0 Å². The maximum atomic E-state index is 11.1. The van der Waals surface area contributed by atoms with Crippen LogP contribution in [0.25, 0.3) is 0 Å². The van der Waals surface area contributed by atoms with Crippen LogP contribution in [0.5, 0.6) is 11.5 Å². The van der Waals surface area contributed by atoms with Crippen LogP contribution in [0.15, 0.2) is 6.07 Å². The number of hydrogen-bond donors (Lipinski definition) is 1. The van der Waals surface area contributed by atoms with Gasteiger partial charge in [0.05, 0.1) is 21.3 Å². The average molecular weight is 327 g/mol. The quantitative estimate of drug-likeness (QED) is 0.671. The summed E-state index contributed by atoms with van der Waals surface area (Å²) in [5.74, 6) is 0.0686. The number of carbonyl (C=O) groups excluding carboxylic acids is 1. The first-order valence-electron chi connectivity index (χ1n) is 3.75. The average Bonchev–Trinajstić information content (AvgIpc) is 2.12. The number of ketones is 1. The maximum absolute atomic E-state index is 11.1. The van der Waals surface area contributed by atoms with Crippen LogP contribution in [0.4, 0.5) is 0 Å². The third-order valence-electron chi connectivity index (χ3n) is 1.73. The summed E-state index contributed by atoms with van der Waals surface area (Å²) in [5.41, 5.74) is 0.209. The van der Waals surface area contributed by atoms with Crippen LogP contribution in [0.2, 0.25) is 5.02 Å². The van der Waals surface area contributed by atoms with Crippen LogP contribution >= 0.6 is 34.2 Å². The predicted molar refractivity (Wildman–Crippen MR) is 62.4 cm³/mol. The van der Waals surface area contributed by atoms with Gasteiger partial charge >= 0.3 is 0 Å². The molecule has 1 rings (SSSR count). The molecule has 14 heavy (non-hydrogen) atoms. The number of aromatic hydroxyl groups is 1. The smallest absolute Gasteiger partial charge is 0.163 e. The first-order chi connectivity index (χ1) is 6.49. The minimum atomic E-state index is -0.232. The molecule has 5 heteroatoms. The monoisotopic (exact) mass is 326 g/mol. The molecule has 0 aliphatic heterocycles. The van der Waals surface area contributed by atoms with E-state index in [9.17, 15) is 9.90 Å². The van der Waals surface area contributed by atoms with E-state index in [1.807, 2.05) is 22.6 Å². The summed E-state index contributed by atoms with van der Waals surface area (Å²) in [6.45, 7) is 1.37. The summed E-state index contributed by atoms with van der Waals surface area (Å²) in [6.07, 6.45) is 0. The van der Waals surface area contributed by atoms with Gasteiger partial charge in [0.1, 0.15) is 5.75 Å². The van der Waals surface area contributed by atoms with Crippen LogP contribution in [0.3, 0.4) is 0 Å². The van der Waals surface area contributed by atoms with Gasteiger partial charge in [-0.05, 0) is 35.6 Å². The Morgan fingerprint density at radius 1 is 1.64 bits per heavy atom. The van der Waals surface area contributed by atoms with Gasteiger partial charge in [-0.1, -0.05) is 11.6 Å². The van der Waals surface area contributed by atoms with Crippen molar-refractivity contribution in [1.82, 2.24) is 0 Å². The number of ether oxygens (including phenoxy) is 1. The van der Waals surface area contributed by atoms with Crippen LogP contribution in [-0.4, -0.2) is 18.0 Å². The van der Waals surface area contributed by atoms with Crippen molar-refractivity contribution in [3.05, 3.63) is 20.2 Å². The van der Waals surface area contributed by atoms with Gasteiger partial charge < -0.3 is 9.84 Å². The molecule has 0 amide bonds. The van der Waals surface area contributed by atoms with E-state index in [1.165, 1.54) is 20.1 Å². The van der Waals surface area contributed by atoms with E-state index in [2.05, 4.69) is 0 Å². The molecule has 0 bridgehead atoms. The number of methoxy groups -OCH3 is 1. The highest BCUT2D eigenvalue weighted by Gasteiger charge is 2.17. The molecule has 0 spiro atoms. The van der Waals surface area contributed by atoms with E-state index in [0.29, 0.717) is 14.3 Å². The van der Waals surface area contributed by atoms with Crippen molar-refractivity contribution in [2.75, 3.05) is 7.11 Å². The zero-order valence-corrected chi connectivity index (χ0v) is 10.5. The first-order valence-corrected chi connectivity index (χ1v) is 5.20. The van der Waals surface area contributed by atoms with Gasteiger partial charge in [-0.25, -0.2) is 0 Å². The molecule has 0 radical (unpaired) electrons. The molecule has 0 heterocycles. The summed E-state index contributed by atoms with van der Waals surface area (Å²) in [5, 5.41) is 9.96. The Bertz CT molecular complexity index is 390. The van der Waals surface area contributed by atoms with E-state index in [1.54, 1.807) is 0 Å². The lowest BCUT2D eigenvalue weighted by atomic mass is 10.1. The zero-order valence-electron chi connectivity index (χ0n) is 7.60. The van der Waals surface area contributed by atoms with Crippen LogP contribution < -0.4 is 4.74 Å². The number of carbonyl (C=O) groups is 1. The number of phenolic OH excluding ortho intramolecular Hbond substituents is 1. The molecular weight excluding hydrogens is 318 g/mol. The van der Waals surface area contributed by atoms with Gasteiger partial charge in [0.15, 0.2) is 11.5 Å². The van der Waals surface area contributed by atoms with E-state index >= 15 is 0 Å². The van der Waals surface area contributed by atoms with E-state index in [0.717, 1.165) is 0 Å². The van der Waals surface area contributed by atoms with Crippen molar-refractivity contribution in [1.29, 1.82) is 0 Å². The summed E-state index contributed by atoms with van der Waals surface area (Å²) in [6, 6.07) is 1.40. The van der Waals surface area contributed by atoms with Gasteiger partial charge in [-0.15, -0.1) is 0 Å². The van der Waals surface area contributed by atoms with Gasteiger partial charge in [0.25, 0.3) is 0 Å². The number of rotatable bonds is 2. The van der Waals surface area contributed by atoms with Crippen LogP contribution in [0, 0.1) is 3.57 Å². The highest BCUT2D eigenvalue weighted by molar-refractivity contribution is 14.1. The Balaban J connectivity index is 3.47. The lowest BCUT2D eigenvalue weighted by Crippen LogP contribution is -1.97. The first kappa shape index (κ1) is 11.6. The van der Waals surface area contributed by atoms with Crippen LogP contribution in [-0.2, 0) is 0 Å². The second-order valence-electron chi connectivity index (χ2n) is 2.66. The molecule has 1 aromatic carbocycles. The lowest BCUT2D eigenvalue weighted by Gasteiger charge is -2.10. The fourth-order valence-electron chi connectivity index (χ4n) is 1.05. The fourth-order valence-corrected chi connectivity index (χ4v) is 2.29. The SMILES string of the molecule is COc1c(Cl)cc(C(C)=O)c(O)c1I. The predicted octanol–water partition coefficient (Wildman–Crippen LogP) is 2.86. The molecule has 0 aromatic heterocycles. The molecule has 0 aliphatic rings. The second kappa shape index (κ2) is 4.35. The van der Waals surface area contributed by atoms with E-state index in [4.69, 9.17) is 16.3 Å². The fraction of sp³-hybridized carbons (Fsp3) is 0.222. The van der Waals surface area contributed by atoms with E-state index in [-0.39, 0.29) is 17.1 Å². The third-order valence-corrected chi connectivity index (χ3v) is 3.02. The molecule has 0 saturated heterocycles. The number of halogens is 2. The Hall–Kier alpha value is -0.490. The normalized spacial score (nSPS) is 10.0. The maximum Gasteiger partial charge on any atom is 0.163 e. The number of hydrogen-bond acceptors (Lipinski definition) is 3. The summed E-state index contributed by atoms with van der Waals surface area (Å²) < 4.78 is 5.43. The molecule has 0 atom stereocenters. The Morgan fingerprint density at radius 3 is 2.64 bits per heavy atom. The number of Topliss-reactive ketones (excluding diaryl/α,β-unsaturated/α-hetero) is 1. The van der Waals surface area contributed by atoms with Crippen molar-refractivity contribution in [3.63, 3.8) is 0 Å². The molecule has 0 fully saturated rings. The standard InChI is InChI=1S/C9H8ClIO3/c1-4(12)5-3-6(10)9(14-2)7(11)8(5)13/h3,13H,1-2H3.